The van der Waals surface area contributed by atoms with E-state index in [4.69, 9.17) is 22.7 Å². The zero-order chi connectivity index (χ0) is 14.0. The number of ether oxygens (including phenoxy) is 1. The first kappa shape index (κ1) is 13.7. The van der Waals surface area contributed by atoms with Gasteiger partial charge in [0, 0.05) is 12.2 Å². The Kier molecular flexibility index (Phi) is 3.99. The van der Waals surface area contributed by atoms with E-state index < -0.39 is 0 Å². The van der Waals surface area contributed by atoms with Crippen molar-refractivity contribution in [3.8, 4) is 0 Å². The molecule has 19 heavy (non-hydrogen) atoms. The summed E-state index contributed by atoms with van der Waals surface area (Å²) in [6, 6.07) is 3.42. The zero-order valence-electron chi connectivity index (χ0n) is 11.0. The van der Waals surface area contributed by atoms with Crippen molar-refractivity contribution in [3.63, 3.8) is 0 Å². The fourth-order valence-electron chi connectivity index (χ4n) is 2.36. The summed E-state index contributed by atoms with van der Waals surface area (Å²) >= 11 is 5.06. The molecule has 102 valence electrons. The Bertz CT molecular complexity index is 519. The maximum absolute atomic E-state index is 11.8. The number of carbonyl (C=O) groups excluding carboxylic acids is 1. The minimum Gasteiger partial charge on any atom is -0.467 e. The highest BCUT2D eigenvalue weighted by atomic mass is 32.1. The number of carbonyl (C=O) groups is 1. The number of anilines is 1. The van der Waals surface area contributed by atoms with Gasteiger partial charge in [0.2, 0.25) is 0 Å². The predicted molar refractivity (Wildman–Crippen MR) is 77.2 cm³/mol. The SMILES string of the molecule is COC(=O)C1CCCN1c1nc(C)ccc1C(N)=S. The number of hydrogen-bond acceptors (Lipinski definition) is 5. The molecule has 1 aliphatic heterocycles. The van der Waals surface area contributed by atoms with E-state index >= 15 is 0 Å². The predicted octanol–water partition coefficient (Wildman–Crippen LogP) is 1.17. The van der Waals surface area contributed by atoms with Crippen LogP contribution in [0.4, 0.5) is 5.82 Å². The first-order chi connectivity index (χ1) is 9.04. The number of nitrogens with two attached hydrogens (primary N) is 1. The van der Waals surface area contributed by atoms with Crippen LogP contribution in [0.15, 0.2) is 12.1 Å². The quantitative estimate of drug-likeness (QED) is 0.661. The molecule has 5 nitrogen and oxygen atoms in total. The second kappa shape index (κ2) is 5.52. The third-order valence-corrected chi connectivity index (χ3v) is 3.50. The largest absolute Gasteiger partial charge is 0.467 e. The molecule has 0 bridgehead atoms. The third-order valence-electron chi connectivity index (χ3n) is 3.28. The van der Waals surface area contributed by atoms with Crippen molar-refractivity contribution >= 4 is 29.0 Å². The van der Waals surface area contributed by atoms with Gasteiger partial charge in [-0.1, -0.05) is 12.2 Å². The number of methoxy groups -OCH3 is 1. The van der Waals surface area contributed by atoms with Gasteiger partial charge in [-0.15, -0.1) is 0 Å². The van der Waals surface area contributed by atoms with Crippen molar-refractivity contribution in [3.05, 3.63) is 23.4 Å². The van der Waals surface area contributed by atoms with Crippen LogP contribution in [0.5, 0.6) is 0 Å². The van der Waals surface area contributed by atoms with E-state index in [9.17, 15) is 4.79 Å². The summed E-state index contributed by atoms with van der Waals surface area (Å²) < 4.78 is 4.84. The Hall–Kier alpha value is -1.69. The Morgan fingerprint density at radius 2 is 2.32 bits per heavy atom. The van der Waals surface area contributed by atoms with E-state index in [0.717, 1.165) is 25.1 Å². The highest BCUT2D eigenvalue weighted by Gasteiger charge is 2.33. The third kappa shape index (κ3) is 2.68. The molecule has 1 unspecified atom stereocenters. The molecule has 2 N–H and O–H groups in total. The number of esters is 1. The second-order valence-electron chi connectivity index (χ2n) is 4.56. The summed E-state index contributed by atoms with van der Waals surface area (Å²) in [4.78, 5) is 18.5. The van der Waals surface area contributed by atoms with E-state index in [-0.39, 0.29) is 17.0 Å². The molecular weight excluding hydrogens is 262 g/mol. The Morgan fingerprint density at radius 3 is 2.95 bits per heavy atom. The van der Waals surface area contributed by atoms with Crippen molar-refractivity contribution in [2.45, 2.75) is 25.8 Å². The molecule has 2 rings (SSSR count). The summed E-state index contributed by atoms with van der Waals surface area (Å²) in [6.07, 6.45) is 1.69. The van der Waals surface area contributed by atoms with Crippen LogP contribution in [-0.4, -0.2) is 35.6 Å². The second-order valence-corrected chi connectivity index (χ2v) is 5.00. The molecule has 0 spiro atoms. The summed E-state index contributed by atoms with van der Waals surface area (Å²) in [5.74, 6) is 0.440. The van der Waals surface area contributed by atoms with Crippen molar-refractivity contribution in [2.24, 2.45) is 5.73 Å². The minimum absolute atomic E-state index is 0.241. The Balaban J connectivity index is 2.42. The number of hydrogen-bond donors (Lipinski definition) is 1. The lowest BCUT2D eigenvalue weighted by Crippen LogP contribution is -2.38. The van der Waals surface area contributed by atoms with Gasteiger partial charge < -0.3 is 15.4 Å². The van der Waals surface area contributed by atoms with Gasteiger partial charge in [-0.25, -0.2) is 9.78 Å². The Morgan fingerprint density at radius 1 is 1.58 bits per heavy atom. The molecule has 1 aromatic rings. The van der Waals surface area contributed by atoms with Gasteiger partial charge in [0.15, 0.2) is 0 Å². The lowest BCUT2D eigenvalue weighted by Gasteiger charge is -2.25. The molecule has 0 aromatic carbocycles. The molecule has 1 saturated heterocycles. The van der Waals surface area contributed by atoms with Crippen LogP contribution < -0.4 is 10.6 Å². The van der Waals surface area contributed by atoms with Crippen molar-refractivity contribution in [1.82, 2.24) is 4.98 Å². The van der Waals surface area contributed by atoms with Gasteiger partial charge in [0.25, 0.3) is 0 Å². The molecule has 1 fully saturated rings. The maximum atomic E-state index is 11.8. The number of aromatic nitrogens is 1. The number of pyridine rings is 1. The number of aryl methyl sites for hydroxylation is 1. The fourth-order valence-corrected chi connectivity index (χ4v) is 2.51. The molecule has 1 aliphatic rings. The van der Waals surface area contributed by atoms with Crippen LogP contribution in [-0.2, 0) is 9.53 Å². The zero-order valence-corrected chi connectivity index (χ0v) is 11.9. The highest BCUT2D eigenvalue weighted by Crippen LogP contribution is 2.28. The van der Waals surface area contributed by atoms with Gasteiger partial charge in [0.05, 0.1) is 12.7 Å². The van der Waals surface area contributed by atoms with Crippen LogP contribution in [0.3, 0.4) is 0 Å². The molecule has 0 aliphatic carbocycles. The van der Waals surface area contributed by atoms with E-state index in [1.165, 1.54) is 7.11 Å². The molecule has 0 saturated carbocycles. The number of rotatable bonds is 3. The molecule has 2 heterocycles. The van der Waals surface area contributed by atoms with E-state index in [1.54, 1.807) is 0 Å². The number of nitrogens with zero attached hydrogens (tertiary/aromatic N) is 2. The van der Waals surface area contributed by atoms with Crippen LogP contribution in [0.25, 0.3) is 0 Å². The first-order valence-corrected chi connectivity index (χ1v) is 6.57. The average molecular weight is 279 g/mol. The van der Waals surface area contributed by atoms with Gasteiger partial charge in [-0.2, -0.15) is 0 Å². The van der Waals surface area contributed by atoms with E-state index in [0.29, 0.717) is 11.4 Å². The van der Waals surface area contributed by atoms with E-state index in [1.807, 2.05) is 24.0 Å². The molecule has 0 amide bonds. The van der Waals surface area contributed by atoms with Gasteiger partial charge in [-0.3, -0.25) is 0 Å². The van der Waals surface area contributed by atoms with Gasteiger partial charge in [0.1, 0.15) is 16.8 Å². The van der Waals surface area contributed by atoms with E-state index in [2.05, 4.69) is 4.98 Å². The molecule has 0 radical (unpaired) electrons. The van der Waals surface area contributed by atoms with Gasteiger partial charge in [-0.05, 0) is 31.9 Å². The molecular formula is C13H17N3O2S. The normalized spacial score (nSPS) is 18.4. The maximum Gasteiger partial charge on any atom is 0.328 e. The monoisotopic (exact) mass is 279 g/mol. The van der Waals surface area contributed by atoms with Crippen LogP contribution >= 0.6 is 12.2 Å². The smallest absolute Gasteiger partial charge is 0.328 e. The summed E-state index contributed by atoms with van der Waals surface area (Å²) in [5.41, 5.74) is 7.31. The Labute approximate surface area is 117 Å². The van der Waals surface area contributed by atoms with Crippen molar-refractivity contribution in [1.29, 1.82) is 0 Å². The summed E-state index contributed by atoms with van der Waals surface area (Å²) in [7, 11) is 1.40. The van der Waals surface area contributed by atoms with Crippen molar-refractivity contribution in [2.75, 3.05) is 18.6 Å². The molecule has 1 atom stereocenters. The topological polar surface area (TPSA) is 68.5 Å². The minimum atomic E-state index is -0.299. The summed E-state index contributed by atoms with van der Waals surface area (Å²) in [6.45, 7) is 2.65. The lowest BCUT2D eigenvalue weighted by molar-refractivity contribution is -0.141. The average Bonchev–Trinajstić information content (AvgIpc) is 2.86. The summed E-state index contributed by atoms with van der Waals surface area (Å²) in [5, 5.41) is 0. The lowest BCUT2D eigenvalue weighted by atomic mass is 10.2. The standard InChI is InChI=1S/C13H17N3O2S/c1-8-5-6-9(11(14)19)12(15-8)16-7-3-4-10(16)13(17)18-2/h5-6,10H,3-4,7H2,1-2H3,(H2,14,19). The molecule has 1 aromatic heterocycles. The van der Waals surface area contributed by atoms with Crippen LogP contribution in [0, 0.1) is 6.92 Å². The van der Waals surface area contributed by atoms with Gasteiger partial charge >= 0.3 is 5.97 Å². The number of thiocarbonyl (C=S) groups is 1. The van der Waals surface area contributed by atoms with Crippen molar-refractivity contribution < 1.29 is 9.53 Å². The van der Waals surface area contributed by atoms with Crippen LogP contribution in [0.1, 0.15) is 24.1 Å². The first-order valence-electron chi connectivity index (χ1n) is 6.16. The highest BCUT2D eigenvalue weighted by molar-refractivity contribution is 7.80. The fraction of sp³-hybridized carbons (Fsp3) is 0.462. The molecule has 6 heteroatoms. The van der Waals surface area contributed by atoms with Crippen LogP contribution in [0.2, 0.25) is 0 Å².